The lowest BCUT2D eigenvalue weighted by Crippen LogP contribution is -2.31. The molecule has 0 spiro atoms. The molecule has 7 nitrogen and oxygen atoms in total. The van der Waals surface area contributed by atoms with Crippen LogP contribution in [0.4, 0.5) is 11.4 Å². The Labute approximate surface area is 196 Å². The van der Waals surface area contributed by atoms with Crippen LogP contribution in [-0.2, 0) is 21.0 Å². The number of sulfonamides is 1. The van der Waals surface area contributed by atoms with Gasteiger partial charge in [-0.2, -0.15) is 0 Å². The van der Waals surface area contributed by atoms with Crippen LogP contribution in [0.15, 0.2) is 88.7 Å². The average molecular weight is 484 g/mol. The summed E-state index contributed by atoms with van der Waals surface area (Å²) in [4.78, 5) is 13.6. The van der Waals surface area contributed by atoms with Crippen LogP contribution in [0.25, 0.3) is 0 Å². The normalized spacial score (nSPS) is 15.5. The lowest BCUT2D eigenvalue weighted by Gasteiger charge is -2.25. The molecule has 1 unspecified atom stereocenters. The van der Waals surface area contributed by atoms with E-state index < -0.39 is 26.9 Å². The van der Waals surface area contributed by atoms with Crippen molar-refractivity contribution < 1.29 is 17.4 Å². The van der Waals surface area contributed by atoms with Crippen molar-refractivity contribution in [3.8, 4) is 0 Å². The van der Waals surface area contributed by atoms with Crippen LogP contribution < -0.4 is 10.0 Å². The van der Waals surface area contributed by atoms with Crippen LogP contribution in [0.5, 0.6) is 0 Å². The predicted octanol–water partition coefficient (Wildman–Crippen LogP) is 4.25. The van der Waals surface area contributed by atoms with Crippen molar-refractivity contribution >= 4 is 38.3 Å². The largest absolute Gasteiger partial charge is 0.322 e. The van der Waals surface area contributed by atoms with Gasteiger partial charge in [-0.3, -0.25) is 9.52 Å². The summed E-state index contributed by atoms with van der Waals surface area (Å²) in [5.41, 5.74) is 1.11. The van der Waals surface area contributed by atoms with Gasteiger partial charge in [0, 0.05) is 30.0 Å². The molecule has 172 valence electrons. The molecule has 3 aromatic carbocycles. The highest BCUT2D eigenvalue weighted by molar-refractivity contribution is 7.92. The summed E-state index contributed by atoms with van der Waals surface area (Å²) in [5, 5.41) is 2.81. The molecule has 33 heavy (non-hydrogen) atoms. The number of amides is 1. The van der Waals surface area contributed by atoms with Gasteiger partial charge in [0.05, 0.1) is 9.79 Å². The Morgan fingerprint density at radius 3 is 2.27 bits per heavy atom. The van der Waals surface area contributed by atoms with E-state index in [0.717, 1.165) is 32.4 Å². The molecule has 1 heterocycles. The number of hydrogen-bond acceptors (Lipinski definition) is 4. The van der Waals surface area contributed by atoms with E-state index in [-0.39, 0.29) is 10.6 Å². The minimum absolute atomic E-state index is 0.137. The molecule has 1 saturated heterocycles. The number of hydrogen-bond donors (Lipinski definition) is 2. The van der Waals surface area contributed by atoms with Crippen molar-refractivity contribution in [1.29, 1.82) is 0 Å². The number of nitrogens with zero attached hydrogens (tertiary/aromatic N) is 1. The molecule has 2 N–H and O–H groups in total. The number of benzene rings is 3. The molecule has 0 aliphatic carbocycles. The second-order valence-electron chi connectivity index (χ2n) is 7.72. The van der Waals surface area contributed by atoms with Gasteiger partial charge in [-0.1, -0.05) is 36.8 Å². The van der Waals surface area contributed by atoms with Crippen LogP contribution in [-0.4, -0.2) is 35.9 Å². The highest BCUT2D eigenvalue weighted by atomic mass is 32.2. The minimum Gasteiger partial charge on any atom is -0.322 e. The summed E-state index contributed by atoms with van der Waals surface area (Å²) >= 11 is 0. The fourth-order valence-electron chi connectivity index (χ4n) is 3.60. The average Bonchev–Trinajstić information content (AvgIpc) is 2.85. The molecular formula is C24H25N3O4S2. The Hall–Kier alpha value is -3.01. The molecule has 0 bridgehead atoms. The topological polar surface area (TPSA) is 95.6 Å². The first-order valence-electron chi connectivity index (χ1n) is 10.7. The fourth-order valence-corrected chi connectivity index (χ4v) is 5.98. The monoisotopic (exact) mass is 483 g/mol. The van der Waals surface area contributed by atoms with Crippen molar-refractivity contribution in [2.45, 2.75) is 29.1 Å². The van der Waals surface area contributed by atoms with E-state index in [1.54, 1.807) is 60.7 Å². The van der Waals surface area contributed by atoms with Gasteiger partial charge in [0.15, 0.2) is 0 Å². The molecule has 0 radical (unpaired) electrons. The SMILES string of the molecule is O=C(Nc1cccc(S(=O)N2CCCCC2)c1)c1cccc(NS(=O)(=O)c2ccccc2)c1. The van der Waals surface area contributed by atoms with Gasteiger partial charge < -0.3 is 5.32 Å². The van der Waals surface area contributed by atoms with Crippen LogP contribution in [0, 0.1) is 0 Å². The molecule has 1 aliphatic heterocycles. The van der Waals surface area contributed by atoms with Crippen molar-refractivity contribution in [3.63, 3.8) is 0 Å². The van der Waals surface area contributed by atoms with Gasteiger partial charge in [-0.05, 0) is 61.4 Å². The maximum atomic E-state index is 12.9. The van der Waals surface area contributed by atoms with Crippen molar-refractivity contribution in [2.75, 3.05) is 23.1 Å². The summed E-state index contributed by atoms with van der Waals surface area (Å²) in [6.07, 6.45) is 3.23. The Kier molecular flexibility index (Phi) is 7.22. The van der Waals surface area contributed by atoms with Gasteiger partial charge in [0.1, 0.15) is 11.0 Å². The second kappa shape index (κ2) is 10.3. The van der Waals surface area contributed by atoms with E-state index in [4.69, 9.17) is 0 Å². The zero-order valence-corrected chi connectivity index (χ0v) is 19.6. The molecule has 9 heteroatoms. The highest BCUT2D eigenvalue weighted by Crippen LogP contribution is 2.21. The first-order valence-corrected chi connectivity index (χ1v) is 13.3. The number of carbonyl (C=O) groups is 1. The van der Waals surface area contributed by atoms with Gasteiger partial charge in [0.25, 0.3) is 15.9 Å². The highest BCUT2D eigenvalue weighted by Gasteiger charge is 2.19. The van der Waals surface area contributed by atoms with Gasteiger partial charge >= 0.3 is 0 Å². The van der Waals surface area contributed by atoms with Crippen LogP contribution >= 0.6 is 0 Å². The first-order chi connectivity index (χ1) is 15.9. The second-order valence-corrected chi connectivity index (χ2v) is 10.9. The molecule has 1 aliphatic rings. The van der Waals surface area contributed by atoms with Gasteiger partial charge in [0.2, 0.25) is 0 Å². The van der Waals surface area contributed by atoms with Gasteiger partial charge in [-0.25, -0.2) is 16.9 Å². The quantitative estimate of drug-likeness (QED) is 0.525. The molecule has 1 atom stereocenters. The maximum Gasteiger partial charge on any atom is 0.261 e. The molecule has 0 aromatic heterocycles. The van der Waals surface area contributed by atoms with Crippen LogP contribution in [0.2, 0.25) is 0 Å². The van der Waals surface area contributed by atoms with E-state index in [1.807, 2.05) is 4.31 Å². The molecule has 3 aromatic rings. The number of rotatable bonds is 7. The Morgan fingerprint density at radius 1 is 0.818 bits per heavy atom. The molecule has 0 saturated carbocycles. The lowest BCUT2D eigenvalue weighted by molar-refractivity contribution is 0.102. The van der Waals surface area contributed by atoms with Crippen LogP contribution in [0.3, 0.4) is 0 Å². The third kappa shape index (κ3) is 5.87. The summed E-state index contributed by atoms with van der Waals surface area (Å²) < 4.78 is 42.4. The smallest absolute Gasteiger partial charge is 0.261 e. The third-order valence-electron chi connectivity index (χ3n) is 5.27. The molecule has 4 rings (SSSR count). The Morgan fingerprint density at radius 2 is 1.52 bits per heavy atom. The Balaban J connectivity index is 1.46. The first kappa shape index (κ1) is 23.2. The zero-order valence-electron chi connectivity index (χ0n) is 17.9. The third-order valence-corrected chi connectivity index (χ3v) is 8.16. The minimum atomic E-state index is -3.76. The summed E-state index contributed by atoms with van der Waals surface area (Å²) in [7, 11) is -5.03. The number of nitrogens with one attached hydrogen (secondary N) is 2. The van der Waals surface area contributed by atoms with E-state index >= 15 is 0 Å². The van der Waals surface area contributed by atoms with Crippen LogP contribution in [0.1, 0.15) is 29.6 Å². The van der Waals surface area contributed by atoms with E-state index in [1.165, 1.54) is 18.2 Å². The van der Waals surface area contributed by atoms with Gasteiger partial charge in [-0.15, -0.1) is 0 Å². The molecule has 1 fully saturated rings. The van der Waals surface area contributed by atoms with E-state index in [9.17, 15) is 17.4 Å². The van der Waals surface area contributed by atoms with Crippen molar-refractivity contribution in [2.24, 2.45) is 0 Å². The van der Waals surface area contributed by atoms with Crippen molar-refractivity contribution in [3.05, 3.63) is 84.4 Å². The van der Waals surface area contributed by atoms with E-state index in [0.29, 0.717) is 16.1 Å². The predicted molar refractivity (Wildman–Crippen MR) is 130 cm³/mol. The maximum absolute atomic E-state index is 12.9. The number of piperidine rings is 1. The fraction of sp³-hybridized carbons (Fsp3) is 0.208. The number of carbonyl (C=O) groups excluding carboxylic acids is 1. The van der Waals surface area contributed by atoms with E-state index in [2.05, 4.69) is 10.0 Å². The zero-order chi connectivity index (χ0) is 23.3. The summed E-state index contributed by atoms with van der Waals surface area (Å²) in [5.74, 6) is -0.392. The Bertz CT molecular complexity index is 1260. The standard InChI is InChI=1S/C24H25N3O4S2/c28-24(25-20-10-8-12-22(18-20)32(29)27-15-5-2-6-16-27)19-9-7-11-21(17-19)26-33(30,31)23-13-3-1-4-14-23/h1,3-4,7-14,17-18,26H,2,5-6,15-16H2,(H,25,28). The van der Waals surface area contributed by atoms with Crippen molar-refractivity contribution in [1.82, 2.24) is 4.31 Å². The molecule has 1 amide bonds. The molecular weight excluding hydrogens is 458 g/mol. The number of anilines is 2. The lowest BCUT2D eigenvalue weighted by atomic mass is 10.2. The summed E-state index contributed by atoms with van der Waals surface area (Å²) in [6.45, 7) is 1.60. The summed E-state index contributed by atoms with van der Waals surface area (Å²) in [6, 6.07) is 21.3.